The molecule has 1 aliphatic heterocycles. The van der Waals surface area contributed by atoms with Gasteiger partial charge in [-0.2, -0.15) is 0 Å². The molecule has 0 bridgehead atoms. The van der Waals surface area contributed by atoms with E-state index >= 15 is 0 Å². The van der Waals surface area contributed by atoms with Crippen molar-refractivity contribution in [3.8, 4) is 17.1 Å². The number of hydrogen-bond acceptors (Lipinski definition) is 6. The first-order chi connectivity index (χ1) is 17.6. The van der Waals surface area contributed by atoms with Crippen molar-refractivity contribution in [3.05, 3.63) is 95.5 Å². The van der Waals surface area contributed by atoms with E-state index in [1.165, 1.54) is 5.56 Å². The molecule has 1 saturated heterocycles. The summed E-state index contributed by atoms with van der Waals surface area (Å²) in [4.78, 5) is 14.6. The lowest BCUT2D eigenvalue weighted by atomic mass is 10.0. The fraction of sp³-hybridized carbons (Fsp3) is 0.241. The molecule has 1 N–H and O–H groups in total. The molecule has 0 radical (unpaired) electrons. The standard InChI is InChI=1S/C29H30ClN5O/c1-3-36-26-16-10-9-15-24(26)31-27-19-28(33-29(32-27)22-13-7-8-14-23(22)30)35-18-17-34(2)25(20-35)21-11-5-4-6-12-21/h4-16,19,25H,3,17-18,20H2,1-2H3,(H,31,32,33). The van der Waals surface area contributed by atoms with E-state index in [0.29, 0.717) is 23.3 Å². The zero-order valence-corrected chi connectivity index (χ0v) is 21.3. The van der Waals surface area contributed by atoms with E-state index in [1.807, 2.05) is 61.5 Å². The van der Waals surface area contributed by atoms with Gasteiger partial charge in [0.2, 0.25) is 0 Å². The largest absolute Gasteiger partial charge is 0.492 e. The molecule has 1 fully saturated rings. The number of para-hydroxylation sites is 2. The van der Waals surface area contributed by atoms with Crippen LogP contribution >= 0.6 is 11.6 Å². The van der Waals surface area contributed by atoms with Gasteiger partial charge in [-0.3, -0.25) is 4.90 Å². The Balaban J connectivity index is 1.53. The van der Waals surface area contributed by atoms with Crippen molar-refractivity contribution >= 4 is 28.9 Å². The zero-order valence-electron chi connectivity index (χ0n) is 20.6. The smallest absolute Gasteiger partial charge is 0.165 e. The van der Waals surface area contributed by atoms with E-state index in [4.69, 9.17) is 26.3 Å². The molecule has 1 atom stereocenters. The molecule has 1 aliphatic rings. The average Bonchev–Trinajstić information content (AvgIpc) is 2.91. The second-order valence-corrected chi connectivity index (χ2v) is 9.23. The molecule has 36 heavy (non-hydrogen) atoms. The summed E-state index contributed by atoms with van der Waals surface area (Å²) < 4.78 is 5.82. The van der Waals surface area contributed by atoms with Crippen LogP contribution in [0.2, 0.25) is 5.02 Å². The lowest BCUT2D eigenvalue weighted by Gasteiger charge is -2.40. The minimum absolute atomic E-state index is 0.272. The molecular formula is C29H30ClN5O. The van der Waals surface area contributed by atoms with Crippen LogP contribution in [0.1, 0.15) is 18.5 Å². The molecule has 0 aliphatic carbocycles. The third-order valence-electron chi connectivity index (χ3n) is 6.43. The molecule has 0 amide bonds. The van der Waals surface area contributed by atoms with Crippen molar-refractivity contribution < 1.29 is 4.74 Å². The van der Waals surface area contributed by atoms with Crippen LogP contribution in [0, 0.1) is 0 Å². The lowest BCUT2D eigenvalue weighted by molar-refractivity contribution is 0.220. The van der Waals surface area contributed by atoms with Gasteiger partial charge in [-0.15, -0.1) is 0 Å². The fourth-order valence-electron chi connectivity index (χ4n) is 4.53. The first-order valence-corrected chi connectivity index (χ1v) is 12.6. The van der Waals surface area contributed by atoms with E-state index in [1.54, 1.807) is 0 Å². The number of nitrogens with one attached hydrogen (secondary N) is 1. The summed E-state index contributed by atoms with van der Waals surface area (Å²) >= 11 is 6.56. The van der Waals surface area contributed by atoms with Crippen LogP contribution in [-0.4, -0.2) is 48.2 Å². The predicted octanol–water partition coefficient (Wildman–Crippen LogP) is 6.43. The van der Waals surface area contributed by atoms with E-state index in [0.717, 1.165) is 42.5 Å². The molecule has 184 valence electrons. The Morgan fingerprint density at radius 3 is 2.50 bits per heavy atom. The first-order valence-electron chi connectivity index (χ1n) is 12.3. The van der Waals surface area contributed by atoms with E-state index in [-0.39, 0.29) is 6.04 Å². The van der Waals surface area contributed by atoms with Crippen molar-refractivity contribution in [3.63, 3.8) is 0 Å². The summed E-state index contributed by atoms with van der Waals surface area (Å²) in [6, 6.07) is 28.5. The first kappa shape index (κ1) is 24.1. The number of nitrogens with zero attached hydrogens (tertiary/aromatic N) is 4. The summed E-state index contributed by atoms with van der Waals surface area (Å²) in [5.41, 5.74) is 2.96. The Labute approximate surface area is 217 Å². The van der Waals surface area contributed by atoms with Crippen molar-refractivity contribution in [2.24, 2.45) is 0 Å². The molecule has 0 spiro atoms. The highest BCUT2D eigenvalue weighted by Crippen LogP contribution is 2.33. The van der Waals surface area contributed by atoms with Crippen LogP contribution in [-0.2, 0) is 0 Å². The molecule has 0 saturated carbocycles. The van der Waals surface area contributed by atoms with Gasteiger partial charge in [-0.25, -0.2) is 9.97 Å². The lowest BCUT2D eigenvalue weighted by Crippen LogP contribution is -2.47. The molecule has 3 aromatic carbocycles. The highest BCUT2D eigenvalue weighted by molar-refractivity contribution is 6.33. The number of piperazine rings is 1. The number of anilines is 3. The van der Waals surface area contributed by atoms with Crippen LogP contribution in [0.15, 0.2) is 84.9 Å². The Morgan fingerprint density at radius 2 is 1.69 bits per heavy atom. The fourth-order valence-corrected chi connectivity index (χ4v) is 4.75. The van der Waals surface area contributed by atoms with Gasteiger partial charge in [0, 0.05) is 31.3 Å². The Bertz CT molecular complexity index is 1320. The molecule has 7 heteroatoms. The van der Waals surface area contributed by atoms with Crippen molar-refractivity contribution in [1.29, 1.82) is 0 Å². The summed E-state index contributed by atoms with van der Waals surface area (Å²) in [5.74, 6) is 2.93. The second-order valence-electron chi connectivity index (χ2n) is 8.82. The van der Waals surface area contributed by atoms with Gasteiger partial charge in [0.05, 0.1) is 23.4 Å². The highest BCUT2D eigenvalue weighted by Gasteiger charge is 2.27. The summed E-state index contributed by atoms with van der Waals surface area (Å²) in [5, 5.41) is 4.08. The highest BCUT2D eigenvalue weighted by atomic mass is 35.5. The van der Waals surface area contributed by atoms with Crippen LogP contribution in [0.4, 0.5) is 17.3 Å². The Kier molecular flexibility index (Phi) is 7.35. The summed E-state index contributed by atoms with van der Waals surface area (Å²) in [7, 11) is 2.18. The Morgan fingerprint density at radius 1 is 0.944 bits per heavy atom. The third kappa shape index (κ3) is 5.30. The Hall–Kier alpha value is -3.61. The van der Waals surface area contributed by atoms with Crippen LogP contribution in [0.3, 0.4) is 0 Å². The van der Waals surface area contributed by atoms with Gasteiger partial charge in [-0.05, 0) is 43.8 Å². The molecule has 4 aromatic rings. The van der Waals surface area contributed by atoms with Gasteiger partial charge in [0.25, 0.3) is 0 Å². The molecule has 1 aromatic heterocycles. The second kappa shape index (κ2) is 11.0. The number of hydrogen-bond donors (Lipinski definition) is 1. The van der Waals surface area contributed by atoms with E-state index < -0.39 is 0 Å². The summed E-state index contributed by atoms with van der Waals surface area (Å²) in [6.07, 6.45) is 0. The van der Waals surface area contributed by atoms with Gasteiger partial charge in [0.15, 0.2) is 5.82 Å². The van der Waals surface area contributed by atoms with E-state index in [9.17, 15) is 0 Å². The number of rotatable bonds is 7. The number of aromatic nitrogens is 2. The number of benzene rings is 3. The maximum Gasteiger partial charge on any atom is 0.165 e. The van der Waals surface area contributed by atoms with Gasteiger partial charge >= 0.3 is 0 Å². The topological polar surface area (TPSA) is 53.5 Å². The maximum absolute atomic E-state index is 6.56. The van der Waals surface area contributed by atoms with Crippen molar-refractivity contribution in [2.45, 2.75) is 13.0 Å². The minimum Gasteiger partial charge on any atom is -0.492 e. The van der Waals surface area contributed by atoms with Gasteiger partial charge in [-0.1, -0.05) is 66.2 Å². The molecule has 1 unspecified atom stereocenters. The van der Waals surface area contributed by atoms with Gasteiger partial charge in [0.1, 0.15) is 17.4 Å². The van der Waals surface area contributed by atoms with Crippen molar-refractivity contribution in [1.82, 2.24) is 14.9 Å². The van der Waals surface area contributed by atoms with Gasteiger partial charge < -0.3 is 15.0 Å². The minimum atomic E-state index is 0.272. The third-order valence-corrected chi connectivity index (χ3v) is 6.76. The molecule has 2 heterocycles. The molecular weight excluding hydrogens is 470 g/mol. The predicted molar refractivity (Wildman–Crippen MR) is 147 cm³/mol. The summed E-state index contributed by atoms with van der Waals surface area (Å²) in [6.45, 7) is 5.19. The monoisotopic (exact) mass is 499 g/mol. The van der Waals surface area contributed by atoms with Crippen LogP contribution in [0.25, 0.3) is 11.4 Å². The van der Waals surface area contributed by atoms with Crippen molar-refractivity contribution in [2.75, 3.05) is 43.5 Å². The van der Waals surface area contributed by atoms with Crippen LogP contribution < -0.4 is 15.0 Å². The SMILES string of the molecule is CCOc1ccccc1Nc1cc(N2CCN(C)C(c3ccccc3)C2)nc(-c2ccccc2Cl)n1. The zero-order chi connectivity index (χ0) is 24.9. The normalized spacial score (nSPS) is 16.1. The molecule has 5 rings (SSSR count). The van der Waals surface area contributed by atoms with E-state index in [2.05, 4.69) is 52.5 Å². The molecule has 6 nitrogen and oxygen atoms in total. The quantitative estimate of drug-likeness (QED) is 0.316. The number of likely N-dealkylation sites (N-methyl/N-ethyl adjacent to an activating group) is 1. The average molecular weight is 500 g/mol. The maximum atomic E-state index is 6.56. The van der Waals surface area contributed by atoms with Crippen LogP contribution in [0.5, 0.6) is 5.75 Å². The number of halogens is 1. The number of ether oxygens (including phenoxy) is 1.